The first-order chi connectivity index (χ1) is 10.4. The summed E-state index contributed by atoms with van der Waals surface area (Å²) in [6.45, 7) is 5.21. The Balaban J connectivity index is 2.32. The molecule has 1 heterocycles. The maximum atomic E-state index is 11.0. The molecule has 0 aromatic rings. The normalized spacial score (nSPS) is 21.2. The van der Waals surface area contributed by atoms with E-state index < -0.39 is 7.60 Å². The van der Waals surface area contributed by atoms with Crippen molar-refractivity contribution in [1.29, 1.82) is 0 Å². The fourth-order valence-electron chi connectivity index (χ4n) is 2.76. The minimum atomic E-state index is -3.90. The van der Waals surface area contributed by atoms with Crippen molar-refractivity contribution in [3.05, 3.63) is 0 Å². The third kappa shape index (κ3) is 10.7. The lowest BCUT2D eigenvalue weighted by molar-refractivity contribution is -0.190. The summed E-state index contributed by atoms with van der Waals surface area (Å²) < 4.78 is 22.6. The molecular weight excluding hydrogens is 303 g/mol. The quantitative estimate of drug-likeness (QED) is 0.439. The van der Waals surface area contributed by atoms with Crippen LogP contribution in [0, 0.1) is 5.92 Å². The van der Waals surface area contributed by atoms with Gasteiger partial charge < -0.3 is 19.3 Å². The van der Waals surface area contributed by atoms with Gasteiger partial charge in [-0.05, 0) is 44.4 Å². The highest BCUT2D eigenvalue weighted by Gasteiger charge is 2.21. The summed E-state index contributed by atoms with van der Waals surface area (Å²) in [7, 11) is -3.90. The lowest BCUT2D eigenvalue weighted by atomic mass is 10.0. The Morgan fingerprint density at radius 1 is 1.14 bits per heavy atom. The summed E-state index contributed by atoms with van der Waals surface area (Å²) in [6.07, 6.45) is 8.70. The topological polar surface area (TPSA) is 76.0 Å². The Morgan fingerprint density at radius 2 is 1.82 bits per heavy atom. The van der Waals surface area contributed by atoms with E-state index in [1.54, 1.807) is 0 Å². The third-order valence-electron chi connectivity index (χ3n) is 4.02. The molecule has 0 amide bonds. The van der Waals surface area contributed by atoms with Crippen LogP contribution in [0.5, 0.6) is 0 Å². The van der Waals surface area contributed by atoms with Crippen molar-refractivity contribution < 1.29 is 23.8 Å². The molecule has 6 heteroatoms. The molecule has 5 nitrogen and oxygen atoms in total. The van der Waals surface area contributed by atoms with Crippen molar-refractivity contribution in [1.82, 2.24) is 0 Å². The van der Waals surface area contributed by atoms with E-state index in [0.29, 0.717) is 12.8 Å². The molecule has 0 aliphatic carbocycles. The molecule has 132 valence electrons. The van der Waals surface area contributed by atoms with Crippen LogP contribution < -0.4 is 0 Å². The number of hydrogen-bond donors (Lipinski definition) is 2. The Hall–Kier alpha value is 0.0700. The van der Waals surface area contributed by atoms with Crippen molar-refractivity contribution in [2.75, 3.05) is 12.8 Å². The first kappa shape index (κ1) is 20.1. The molecule has 1 aliphatic rings. The molecule has 2 N–H and O–H groups in total. The molecule has 0 aromatic carbocycles. The summed E-state index contributed by atoms with van der Waals surface area (Å²) in [6, 6.07) is 0. The van der Waals surface area contributed by atoms with E-state index in [9.17, 15) is 4.57 Å². The van der Waals surface area contributed by atoms with Crippen molar-refractivity contribution in [2.24, 2.45) is 5.92 Å². The lowest BCUT2D eigenvalue weighted by Gasteiger charge is -2.28. The average molecular weight is 336 g/mol. The fourth-order valence-corrected chi connectivity index (χ4v) is 3.36. The highest BCUT2D eigenvalue weighted by molar-refractivity contribution is 7.51. The largest absolute Gasteiger partial charge is 0.353 e. The van der Waals surface area contributed by atoms with Gasteiger partial charge in [0.2, 0.25) is 0 Å². The van der Waals surface area contributed by atoms with Gasteiger partial charge in [-0.3, -0.25) is 4.57 Å². The molecule has 0 aromatic heterocycles. The van der Waals surface area contributed by atoms with Crippen LogP contribution in [0.4, 0.5) is 0 Å². The Labute approximate surface area is 134 Å². The molecule has 2 atom stereocenters. The Kier molecular flexibility index (Phi) is 9.85. The zero-order chi connectivity index (χ0) is 16.4. The SMILES string of the molecule is CC(C)CCCC[C@@H](CCCP(=O)(O)O)OC1CCCCO1. The van der Waals surface area contributed by atoms with E-state index in [2.05, 4.69) is 13.8 Å². The number of unbranched alkanes of at least 4 members (excludes halogenated alkanes) is 1. The maximum Gasteiger partial charge on any atom is 0.325 e. The molecule has 1 aliphatic heterocycles. The van der Waals surface area contributed by atoms with Crippen LogP contribution >= 0.6 is 7.60 Å². The van der Waals surface area contributed by atoms with Gasteiger partial charge in [-0.25, -0.2) is 0 Å². The van der Waals surface area contributed by atoms with Crippen LogP contribution in [-0.2, 0) is 14.0 Å². The molecule has 1 fully saturated rings. The van der Waals surface area contributed by atoms with Crippen LogP contribution in [0.15, 0.2) is 0 Å². The molecule has 22 heavy (non-hydrogen) atoms. The third-order valence-corrected chi connectivity index (χ3v) is 4.91. The average Bonchev–Trinajstić information content (AvgIpc) is 2.43. The highest BCUT2D eigenvalue weighted by Crippen LogP contribution is 2.36. The van der Waals surface area contributed by atoms with Gasteiger partial charge >= 0.3 is 7.60 Å². The van der Waals surface area contributed by atoms with Gasteiger partial charge in [0.05, 0.1) is 6.10 Å². The molecule has 0 bridgehead atoms. The summed E-state index contributed by atoms with van der Waals surface area (Å²) in [5, 5.41) is 0. The van der Waals surface area contributed by atoms with E-state index in [1.165, 1.54) is 12.8 Å². The smallest absolute Gasteiger partial charge is 0.325 e. The first-order valence-electron chi connectivity index (χ1n) is 8.68. The maximum absolute atomic E-state index is 11.0. The van der Waals surface area contributed by atoms with Crippen LogP contribution in [-0.4, -0.2) is 34.9 Å². The summed E-state index contributed by atoms with van der Waals surface area (Å²) in [5.74, 6) is 0.718. The van der Waals surface area contributed by atoms with Crippen LogP contribution in [0.25, 0.3) is 0 Å². The molecule has 0 radical (unpaired) electrons. The number of hydrogen-bond acceptors (Lipinski definition) is 3. The van der Waals surface area contributed by atoms with Crippen LogP contribution in [0.2, 0.25) is 0 Å². The van der Waals surface area contributed by atoms with Crippen LogP contribution in [0.1, 0.15) is 71.6 Å². The number of ether oxygens (including phenoxy) is 2. The van der Waals surface area contributed by atoms with Gasteiger partial charge in [-0.15, -0.1) is 0 Å². The summed E-state index contributed by atoms with van der Waals surface area (Å²) >= 11 is 0. The van der Waals surface area contributed by atoms with E-state index in [-0.39, 0.29) is 18.6 Å². The standard InChI is InChI=1S/C16H33O5P/c1-14(2)8-3-4-9-15(10-7-13-22(17,18)19)21-16-11-5-6-12-20-16/h14-16H,3-13H2,1-2H3,(H2,17,18,19)/t15-,16?/m0/s1. The minimum Gasteiger partial charge on any atom is -0.353 e. The molecule has 1 rings (SSSR count). The van der Waals surface area contributed by atoms with E-state index in [4.69, 9.17) is 19.3 Å². The fraction of sp³-hybridized carbons (Fsp3) is 1.00. The van der Waals surface area contributed by atoms with Gasteiger partial charge in [-0.1, -0.05) is 33.1 Å². The molecule has 1 saturated heterocycles. The van der Waals surface area contributed by atoms with E-state index in [0.717, 1.165) is 44.6 Å². The second-order valence-electron chi connectivity index (χ2n) is 6.76. The van der Waals surface area contributed by atoms with E-state index in [1.807, 2.05) is 0 Å². The number of rotatable bonds is 11. The lowest BCUT2D eigenvalue weighted by Crippen LogP contribution is -2.28. The predicted molar refractivity (Wildman–Crippen MR) is 87.9 cm³/mol. The zero-order valence-corrected chi connectivity index (χ0v) is 15.0. The Bertz CT molecular complexity index is 322. The zero-order valence-electron chi connectivity index (χ0n) is 14.1. The van der Waals surface area contributed by atoms with Crippen molar-refractivity contribution in [3.63, 3.8) is 0 Å². The van der Waals surface area contributed by atoms with Gasteiger partial charge in [0, 0.05) is 12.8 Å². The van der Waals surface area contributed by atoms with Gasteiger partial charge in [-0.2, -0.15) is 0 Å². The predicted octanol–water partition coefficient (Wildman–Crippen LogP) is 4.07. The van der Waals surface area contributed by atoms with Crippen LogP contribution in [0.3, 0.4) is 0 Å². The van der Waals surface area contributed by atoms with E-state index >= 15 is 0 Å². The summed E-state index contributed by atoms with van der Waals surface area (Å²) in [5.41, 5.74) is 0. The van der Waals surface area contributed by atoms with Gasteiger partial charge in [0.25, 0.3) is 0 Å². The Morgan fingerprint density at radius 3 is 2.41 bits per heavy atom. The molecule has 0 saturated carbocycles. The summed E-state index contributed by atoms with van der Waals surface area (Å²) in [4.78, 5) is 17.9. The second kappa shape index (κ2) is 10.8. The second-order valence-corrected chi connectivity index (χ2v) is 8.54. The highest BCUT2D eigenvalue weighted by atomic mass is 31.2. The van der Waals surface area contributed by atoms with Crippen molar-refractivity contribution in [3.8, 4) is 0 Å². The van der Waals surface area contributed by atoms with Crippen molar-refractivity contribution >= 4 is 7.60 Å². The minimum absolute atomic E-state index is 0.0512. The van der Waals surface area contributed by atoms with Crippen molar-refractivity contribution in [2.45, 2.75) is 84.0 Å². The van der Waals surface area contributed by atoms with Gasteiger partial charge in [0.1, 0.15) is 0 Å². The molecular formula is C16H33O5P. The molecule has 1 unspecified atom stereocenters. The first-order valence-corrected chi connectivity index (χ1v) is 10.5. The monoisotopic (exact) mass is 336 g/mol. The molecule has 0 spiro atoms. The van der Waals surface area contributed by atoms with Gasteiger partial charge in [0.15, 0.2) is 6.29 Å².